The number of aromatic hydroxyl groups is 1. The van der Waals surface area contributed by atoms with E-state index in [0.29, 0.717) is 47.3 Å². The summed E-state index contributed by atoms with van der Waals surface area (Å²) in [7, 11) is 0. The van der Waals surface area contributed by atoms with Gasteiger partial charge in [-0.2, -0.15) is 5.10 Å². The lowest BCUT2D eigenvalue weighted by Gasteiger charge is -2.11. The van der Waals surface area contributed by atoms with E-state index in [-0.39, 0.29) is 11.7 Å². The molecular formula is C28H26N2O5. The van der Waals surface area contributed by atoms with E-state index in [1.54, 1.807) is 48.5 Å². The summed E-state index contributed by atoms with van der Waals surface area (Å²) in [5.74, 6) is 1.13. The quantitative estimate of drug-likeness (QED) is 0.262. The van der Waals surface area contributed by atoms with Gasteiger partial charge in [-0.3, -0.25) is 5.10 Å². The molecule has 1 heterocycles. The number of aromatic amines is 1. The number of hydrogen-bond donors (Lipinski definition) is 2. The molecule has 0 saturated carbocycles. The highest BCUT2D eigenvalue weighted by Gasteiger charge is 2.15. The number of nitrogens with one attached hydrogen (secondary N) is 1. The fourth-order valence-corrected chi connectivity index (χ4v) is 3.34. The lowest BCUT2D eigenvalue weighted by atomic mass is 10.1. The van der Waals surface area contributed by atoms with Crippen LogP contribution in [0.4, 0.5) is 0 Å². The van der Waals surface area contributed by atoms with Gasteiger partial charge in [0.25, 0.3) is 0 Å². The lowest BCUT2D eigenvalue weighted by molar-refractivity contribution is 0.0505. The minimum Gasteiger partial charge on any atom is -0.507 e. The van der Waals surface area contributed by atoms with Crippen molar-refractivity contribution in [1.82, 2.24) is 10.2 Å². The van der Waals surface area contributed by atoms with Crippen molar-refractivity contribution in [3.05, 3.63) is 96.2 Å². The van der Waals surface area contributed by atoms with Gasteiger partial charge < -0.3 is 19.3 Å². The Labute approximate surface area is 203 Å². The van der Waals surface area contributed by atoms with E-state index in [2.05, 4.69) is 16.8 Å². The third kappa shape index (κ3) is 5.89. The fourth-order valence-electron chi connectivity index (χ4n) is 3.34. The molecule has 7 nitrogen and oxygen atoms in total. The van der Waals surface area contributed by atoms with E-state index in [1.165, 1.54) is 6.20 Å². The van der Waals surface area contributed by atoms with E-state index in [4.69, 9.17) is 14.2 Å². The molecule has 3 aromatic carbocycles. The Hall–Kier alpha value is -4.52. The van der Waals surface area contributed by atoms with Crippen LogP contribution in [0.1, 0.15) is 34.8 Å². The largest absolute Gasteiger partial charge is 0.507 e. The number of benzene rings is 3. The van der Waals surface area contributed by atoms with Crippen molar-refractivity contribution < 1.29 is 24.1 Å². The van der Waals surface area contributed by atoms with Crippen LogP contribution in [0.2, 0.25) is 0 Å². The van der Waals surface area contributed by atoms with Crippen LogP contribution in [-0.2, 0) is 11.3 Å². The molecule has 35 heavy (non-hydrogen) atoms. The maximum absolute atomic E-state index is 12.0. The molecule has 0 fully saturated rings. The number of phenolic OH excluding ortho intramolecular Hbond substituents is 1. The number of hydrogen-bond acceptors (Lipinski definition) is 6. The molecule has 2 N–H and O–H groups in total. The van der Waals surface area contributed by atoms with Crippen LogP contribution in [0.15, 0.2) is 79.5 Å². The maximum Gasteiger partial charge on any atom is 0.338 e. The van der Waals surface area contributed by atoms with E-state index in [9.17, 15) is 9.90 Å². The van der Waals surface area contributed by atoms with Crippen molar-refractivity contribution >= 4 is 12.0 Å². The summed E-state index contributed by atoms with van der Waals surface area (Å²) >= 11 is 0. The third-order valence-electron chi connectivity index (χ3n) is 5.22. The van der Waals surface area contributed by atoms with Gasteiger partial charge in [-0.15, -0.1) is 0 Å². The predicted molar refractivity (Wildman–Crippen MR) is 134 cm³/mol. The smallest absolute Gasteiger partial charge is 0.338 e. The molecule has 4 aromatic rings. The normalized spacial score (nSPS) is 10.5. The molecule has 0 atom stereocenters. The summed E-state index contributed by atoms with van der Waals surface area (Å²) < 4.78 is 16.9. The zero-order chi connectivity index (χ0) is 24.6. The minimum absolute atomic E-state index is 0.0209. The molecule has 0 amide bonds. The topological polar surface area (TPSA) is 93.7 Å². The standard InChI is InChI=1S/C28H26N2O5/c1-3-15-33-28(32)21-9-11-22(12-10-21)35-26-17-29-30-27(26)24-14-13-23(16-25(24)31)34-18-20-7-5-19(4-2)6-8-20/h4-14,16-17,31H,2-3,15,18H2,1H3,(H,29,30). The molecule has 0 aliphatic rings. The zero-order valence-electron chi connectivity index (χ0n) is 19.4. The third-order valence-corrected chi connectivity index (χ3v) is 5.22. The molecule has 7 heteroatoms. The number of rotatable bonds is 10. The molecule has 0 unspecified atom stereocenters. The molecule has 0 saturated heterocycles. The maximum atomic E-state index is 12.0. The number of aromatic nitrogens is 2. The summed E-state index contributed by atoms with van der Waals surface area (Å²) in [6.07, 6.45) is 4.07. The fraction of sp³-hybridized carbons (Fsp3) is 0.143. The van der Waals surface area contributed by atoms with Crippen molar-refractivity contribution in [1.29, 1.82) is 0 Å². The predicted octanol–water partition coefficient (Wildman–Crippen LogP) is 6.36. The molecule has 0 aliphatic carbocycles. The van der Waals surface area contributed by atoms with Crippen molar-refractivity contribution in [2.24, 2.45) is 0 Å². The van der Waals surface area contributed by atoms with Crippen molar-refractivity contribution in [2.75, 3.05) is 6.61 Å². The Kier molecular flexibility index (Phi) is 7.47. The SMILES string of the molecule is C=Cc1ccc(COc2ccc(-c3[nH]ncc3Oc3ccc(C(=O)OCCC)cc3)c(O)c2)cc1. The number of carbonyl (C=O) groups excluding carboxylic acids is 1. The number of nitrogens with zero attached hydrogens (tertiary/aromatic N) is 1. The summed E-state index contributed by atoms with van der Waals surface area (Å²) in [5, 5.41) is 17.6. The Bertz CT molecular complexity index is 1290. The Morgan fingerprint density at radius 2 is 1.80 bits per heavy atom. The van der Waals surface area contributed by atoms with Gasteiger partial charge in [-0.05, 0) is 53.9 Å². The number of phenols is 1. The Balaban J connectivity index is 1.43. The second-order valence-corrected chi connectivity index (χ2v) is 7.78. The molecule has 0 bridgehead atoms. The molecule has 0 radical (unpaired) electrons. The van der Waals surface area contributed by atoms with E-state index in [1.807, 2.05) is 31.2 Å². The highest BCUT2D eigenvalue weighted by molar-refractivity contribution is 5.89. The summed E-state index contributed by atoms with van der Waals surface area (Å²) in [6, 6.07) is 19.6. The number of H-pyrrole nitrogens is 1. The zero-order valence-corrected chi connectivity index (χ0v) is 19.4. The van der Waals surface area contributed by atoms with Crippen molar-refractivity contribution in [3.8, 4) is 34.3 Å². The molecule has 4 rings (SSSR count). The summed E-state index contributed by atoms with van der Waals surface area (Å²) in [5.41, 5.74) is 3.52. The second-order valence-electron chi connectivity index (χ2n) is 7.78. The first-order chi connectivity index (χ1) is 17.1. The molecule has 0 aliphatic heterocycles. The highest BCUT2D eigenvalue weighted by atomic mass is 16.5. The van der Waals surface area contributed by atoms with E-state index in [0.717, 1.165) is 17.5 Å². The molecule has 1 aromatic heterocycles. The molecule has 0 spiro atoms. The van der Waals surface area contributed by atoms with E-state index < -0.39 is 0 Å². The first kappa shape index (κ1) is 23.6. The van der Waals surface area contributed by atoms with Gasteiger partial charge in [-0.1, -0.05) is 43.8 Å². The van der Waals surface area contributed by atoms with Crippen LogP contribution >= 0.6 is 0 Å². The van der Waals surface area contributed by atoms with E-state index >= 15 is 0 Å². The highest BCUT2D eigenvalue weighted by Crippen LogP contribution is 2.38. The monoisotopic (exact) mass is 470 g/mol. The number of carbonyl (C=O) groups is 1. The first-order valence-corrected chi connectivity index (χ1v) is 11.2. The summed E-state index contributed by atoms with van der Waals surface area (Å²) in [6.45, 7) is 6.44. The van der Waals surface area contributed by atoms with Crippen LogP contribution in [0, 0.1) is 0 Å². The van der Waals surface area contributed by atoms with Crippen LogP contribution in [0.5, 0.6) is 23.0 Å². The number of ether oxygens (including phenoxy) is 3. The number of esters is 1. The first-order valence-electron chi connectivity index (χ1n) is 11.2. The van der Waals surface area contributed by atoms with Crippen molar-refractivity contribution in [3.63, 3.8) is 0 Å². The van der Waals surface area contributed by atoms with Gasteiger partial charge in [0, 0.05) is 11.6 Å². The average molecular weight is 471 g/mol. The molecular weight excluding hydrogens is 444 g/mol. The average Bonchev–Trinajstić information content (AvgIpc) is 3.34. The lowest BCUT2D eigenvalue weighted by Crippen LogP contribution is -2.05. The second kappa shape index (κ2) is 11.1. The van der Waals surface area contributed by atoms with Crippen molar-refractivity contribution in [2.45, 2.75) is 20.0 Å². The Morgan fingerprint density at radius 3 is 2.49 bits per heavy atom. The Morgan fingerprint density at radius 1 is 1.06 bits per heavy atom. The van der Waals surface area contributed by atoms with Gasteiger partial charge in [0.2, 0.25) is 0 Å². The van der Waals surface area contributed by atoms with Gasteiger partial charge in [0.05, 0.1) is 18.4 Å². The summed E-state index contributed by atoms with van der Waals surface area (Å²) in [4.78, 5) is 12.0. The van der Waals surface area contributed by atoms with Crippen LogP contribution < -0.4 is 9.47 Å². The minimum atomic E-state index is -0.372. The van der Waals surface area contributed by atoms with Crippen LogP contribution in [-0.4, -0.2) is 27.9 Å². The van der Waals surface area contributed by atoms with Gasteiger partial charge in [-0.25, -0.2) is 4.79 Å². The van der Waals surface area contributed by atoms with Gasteiger partial charge >= 0.3 is 5.97 Å². The van der Waals surface area contributed by atoms with Gasteiger partial charge in [0.15, 0.2) is 5.75 Å². The van der Waals surface area contributed by atoms with Gasteiger partial charge in [0.1, 0.15) is 29.5 Å². The van der Waals surface area contributed by atoms with Crippen LogP contribution in [0.25, 0.3) is 17.3 Å². The van der Waals surface area contributed by atoms with Crippen LogP contribution in [0.3, 0.4) is 0 Å². The molecule has 178 valence electrons.